The molecule has 6 heteroatoms. The lowest BCUT2D eigenvalue weighted by molar-refractivity contribution is -0.143. The minimum absolute atomic E-state index is 0.0530. The third kappa shape index (κ3) is 43.1. The molecule has 0 amide bonds. The summed E-state index contributed by atoms with van der Waals surface area (Å²) in [7, 11) is 4.31. The first-order chi connectivity index (χ1) is 26.5. The summed E-state index contributed by atoms with van der Waals surface area (Å²) >= 11 is 0. The molecule has 6 nitrogen and oxygen atoms in total. The van der Waals surface area contributed by atoms with Crippen molar-refractivity contribution in [1.82, 2.24) is 9.80 Å². The number of esters is 2. The maximum absolute atomic E-state index is 12.1. The van der Waals surface area contributed by atoms with Crippen molar-refractivity contribution in [1.29, 1.82) is 0 Å². The Hall–Kier alpha value is -1.66. The van der Waals surface area contributed by atoms with E-state index in [1.807, 2.05) is 12.2 Å². The van der Waals surface area contributed by atoms with E-state index in [1.54, 1.807) is 0 Å². The summed E-state index contributed by atoms with van der Waals surface area (Å²) in [5, 5.41) is 0. The fraction of sp³-hybridized carbons (Fsp3) is 0.875. The van der Waals surface area contributed by atoms with E-state index in [2.05, 4.69) is 49.9 Å². The zero-order chi connectivity index (χ0) is 39.4. The van der Waals surface area contributed by atoms with Crippen molar-refractivity contribution in [3.8, 4) is 0 Å². The normalized spacial score (nSPS) is 11.9. The molecule has 0 aromatic carbocycles. The van der Waals surface area contributed by atoms with E-state index in [1.165, 1.54) is 174 Å². The van der Waals surface area contributed by atoms with Gasteiger partial charge in [-0.15, -0.1) is 0 Å². The molecule has 0 heterocycles. The van der Waals surface area contributed by atoms with E-state index in [0.717, 1.165) is 45.1 Å². The molecule has 0 unspecified atom stereocenters. The first kappa shape index (κ1) is 52.3. The van der Waals surface area contributed by atoms with Gasteiger partial charge in [0.15, 0.2) is 0 Å². The number of hydrogen-bond donors (Lipinski definition) is 0. The summed E-state index contributed by atoms with van der Waals surface area (Å²) in [6.07, 6.45) is 47.1. The minimum atomic E-state index is -0.0530. The Bertz CT molecular complexity index is 783. The minimum Gasteiger partial charge on any atom is -0.461 e. The van der Waals surface area contributed by atoms with E-state index < -0.39 is 0 Å². The summed E-state index contributed by atoms with van der Waals surface area (Å²) in [4.78, 5) is 29.2. The highest BCUT2D eigenvalue weighted by Gasteiger charge is 2.07. The average molecular weight is 761 g/mol. The zero-order valence-corrected chi connectivity index (χ0v) is 36.7. The van der Waals surface area contributed by atoms with Gasteiger partial charge in [-0.05, 0) is 104 Å². The van der Waals surface area contributed by atoms with Gasteiger partial charge in [0.1, 0.15) is 13.2 Å². The van der Waals surface area contributed by atoms with Gasteiger partial charge in [0.05, 0.1) is 0 Å². The van der Waals surface area contributed by atoms with Crippen molar-refractivity contribution in [2.24, 2.45) is 0 Å². The molecule has 0 bridgehead atoms. The highest BCUT2D eigenvalue weighted by molar-refractivity contribution is 5.69. The fourth-order valence-corrected chi connectivity index (χ4v) is 6.96. The first-order valence-electron chi connectivity index (χ1n) is 23.5. The predicted molar refractivity (Wildman–Crippen MR) is 234 cm³/mol. The smallest absolute Gasteiger partial charge is 0.306 e. The lowest BCUT2D eigenvalue weighted by atomic mass is 10.1. The van der Waals surface area contributed by atoms with Crippen molar-refractivity contribution in [3.05, 3.63) is 24.3 Å². The Balaban J connectivity index is 3.88. The summed E-state index contributed by atoms with van der Waals surface area (Å²) < 4.78 is 10.8. The molecule has 54 heavy (non-hydrogen) atoms. The van der Waals surface area contributed by atoms with Crippen LogP contribution in [-0.4, -0.2) is 75.2 Å². The summed E-state index contributed by atoms with van der Waals surface area (Å²) in [5.41, 5.74) is 0. The van der Waals surface area contributed by atoms with Crippen LogP contribution in [0.25, 0.3) is 0 Å². The first-order valence-corrected chi connectivity index (χ1v) is 23.5. The van der Waals surface area contributed by atoms with Crippen molar-refractivity contribution < 1.29 is 19.1 Å². The lowest BCUT2D eigenvalue weighted by Gasteiger charge is -2.23. The van der Waals surface area contributed by atoms with Crippen LogP contribution < -0.4 is 0 Å². The number of allylic oxidation sites excluding steroid dienone is 2. The Morgan fingerprint density at radius 3 is 1.09 bits per heavy atom. The molecule has 0 aliphatic carbocycles. The number of ether oxygens (including phenoxy) is 2. The average Bonchev–Trinajstić information content (AvgIpc) is 3.16. The van der Waals surface area contributed by atoms with Crippen LogP contribution in [0.2, 0.25) is 0 Å². The molecule has 0 rings (SSSR count). The van der Waals surface area contributed by atoms with Crippen molar-refractivity contribution >= 4 is 11.9 Å². The molecule has 0 spiro atoms. The maximum atomic E-state index is 12.1. The molecule has 318 valence electrons. The van der Waals surface area contributed by atoms with Crippen LogP contribution in [0.4, 0.5) is 0 Å². The van der Waals surface area contributed by atoms with Gasteiger partial charge in [0, 0.05) is 12.8 Å². The highest BCUT2D eigenvalue weighted by atomic mass is 16.5. The molecule has 0 fully saturated rings. The van der Waals surface area contributed by atoms with Crippen LogP contribution in [0.3, 0.4) is 0 Å². The quantitative estimate of drug-likeness (QED) is 0.0350. The Kier molecular flexibility index (Phi) is 42.7. The summed E-state index contributed by atoms with van der Waals surface area (Å²) in [6.45, 7) is 10.1. The predicted octanol–water partition coefficient (Wildman–Crippen LogP) is 13.6. The van der Waals surface area contributed by atoms with Gasteiger partial charge < -0.3 is 19.3 Å². The molecule has 0 saturated carbocycles. The molecular weight excluding hydrogens is 669 g/mol. The second kappa shape index (κ2) is 44.1. The van der Waals surface area contributed by atoms with Crippen LogP contribution >= 0.6 is 0 Å². The van der Waals surface area contributed by atoms with Crippen LogP contribution in [-0.2, 0) is 19.1 Å². The number of carbonyl (C=O) groups excluding carboxylic acids is 2. The largest absolute Gasteiger partial charge is 0.461 e. The van der Waals surface area contributed by atoms with Crippen molar-refractivity contribution in [2.75, 3.05) is 53.5 Å². The van der Waals surface area contributed by atoms with E-state index in [9.17, 15) is 9.59 Å². The number of rotatable bonds is 43. The SMILES string of the molecule is CCCCCCCCCCC=CCOC(=O)CCCCCCCN(CCCCCCCC(=O)OCC=CCCCCCCCCCC)CCCCN(C)C. The molecule has 0 aromatic rings. The lowest BCUT2D eigenvalue weighted by Crippen LogP contribution is -2.28. The standard InChI is InChI=1S/C48H92N2O4/c1-5-7-9-11-13-15-17-19-21-29-37-45-53-47(51)39-31-25-23-27-33-42-50(44-36-35-41-49(3)4)43-34-28-24-26-32-40-48(52)54-46-38-30-22-20-18-16-14-12-10-8-6-2/h29-30,37-38H,5-28,31-36,39-46H2,1-4H3. The van der Waals surface area contributed by atoms with E-state index in [0.29, 0.717) is 26.1 Å². The highest BCUT2D eigenvalue weighted by Crippen LogP contribution is 2.13. The van der Waals surface area contributed by atoms with Gasteiger partial charge in [0.25, 0.3) is 0 Å². The number of unbranched alkanes of at least 4 members (excludes halogenated alkanes) is 25. The van der Waals surface area contributed by atoms with E-state index in [4.69, 9.17) is 9.47 Å². The molecular formula is C48H92N2O4. The molecule has 0 aromatic heterocycles. The Labute approximate surface area is 337 Å². The van der Waals surface area contributed by atoms with E-state index in [-0.39, 0.29) is 11.9 Å². The second-order valence-electron chi connectivity index (χ2n) is 16.2. The van der Waals surface area contributed by atoms with Gasteiger partial charge >= 0.3 is 11.9 Å². The fourth-order valence-electron chi connectivity index (χ4n) is 6.96. The van der Waals surface area contributed by atoms with Gasteiger partial charge in [-0.1, -0.05) is 167 Å². The number of nitrogens with zero attached hydrogens (tertiary/aromatic N) is 2. The topological polar surface area (TPSA) is 59.1 Å². The third-order valence-corrected chi connectivity index (χ3v) is 10.5. The van der Waals surface area contributed by atoms with Crippen LogP contribution in [0, 0.1) is 0 Å². The third-order valence-electron chi connectivity index (χ3n) is 10.5. The van der Waals surface area contributed by atoms with Crippen LogP contribution in [0.5, 0.6) is 0 Å². The van der Waals surface area contributed by atoms with Gasteiger partial charge in [-0.2, -0.15) is 0 Å². The van der Waals surface area contributed by atoms with Crippen LogP contribution in [0.15, 0.2) is 24.3 Å². The molecule has 0 radical (unpaired) electrons. The molecule has 0 atom stereocenters. The van der Waals surface area contributed by atoms with Crippen LogP contribution in [0.1, 0.15) is 219 Å². The summed E-state index contributed by atoms with van der Waals surface area (Å²) in [6, 6.07) is 0. The maximum Gasteiger partial charge on any atom is 0.306 e. The Morgan fingerprint density at radius 2 is 0.704 bits per heavy atom. The zero-order valence-electron chi connectivity index (χ0n) is 36.7. The van der Waals surface area contributed by atoms with E-state index >= 15 is 0 Å². The monoisotopic (exact) mass is 761 g/mol. The van der Waals surface area contributed by atoms with Crippen molar-refractivity contribution in [2.45, 2.75) is 219 Å². The van der Waals surface area contributed by atoms with Crippen molar-refractivity contribution in [3.63, 3.8) is 0 Å². The van der Waals surface area contributed by atoms with Gasteiger partial charge in [0.2, 0.25) is 0 Å². The number of carbonyl (C=O) groups is 2. The molecule has 0 saturated heterocycles. The van der Waals surface area contributed by atoms with Gasteiger partial charge in [-0.25, -0.2) is 0 Å². The van der Waals surface area contributed by atoms with Gasteiger partial charge in [-0.3, -0.25) is 9.59 Å². The Morgan fingerprint density at radius 1 is 0.389 bits per heavy atom. The number of hydrogen-bond acceptors (Lipinski definition) is 6. The molecule has 0 N–H and O–H groups in total. The summed E-state index contributed by atoms with van der Waals surface area (Å²) in [5.74, 6) is -0.106. The molecule has 0 aliphatic heterocycles. The second-order valence-corrected chi connectivity index (χ2v) is 16.2. The molecule has 0 aliphatic rings.